The lowest BCUT2D eigenvalue weighted by atomic mass is 9.68. The number of benzene rings is 12. The number of para-hydroxylation sites is 6. The third-order valence-corrected chi connectivity index (χ3v) is 21.4. The first-order valence-corrected chi connectivity index (χ1v) is 30.8. The molecule has 0 saturated carbocycles. The van der Waals surface area contributed by atoms with Crippen LogP contribution in [0.3, 0.4) is 0 Å². The minimum Gasteiger partial charge on any atom is -0.459 e. The van der Waals surface area contributed by atoms with Crippen LogP contribution in [0, 0.1) is 0 Å². The standard InChI is InChI=1S/C81H50N2O2S/c1-79(62-34-11-13-36-65(62)82(66-37-14-12-35-63(66)79)49-44-45-55-64(46-49)80(77-73(55)56-27-6-17-41-70(56)84-77)58-30-7-2-23-50(58)51-24-3-8-31-59(51)80)47-48-22-20-29-57-74-54-26-5-10-33-61(54)81(78(74)85-76(48)57)60-32-9-4-25-52(60)53-28-21-40-69(75(53)81)83-67-38-15-18-42-71(67)86-72-43-19-16-39-68(72)83/h2-46H,47H2,1H3. The van der Waals surface area contributed by atoms with E-state index in [2.05, 4.69) is 290 Å². The maximum Gasteiger partial charge on any atom is 0.138 e. The van der Waals surface area contributed by atoms with Gasteiger partial charge < -0.3 is 18.6 Å². The van der Waals surface area contributed by atoms with Crippen LogP contribution in [0.1, 0.15) is 68.5 Å². The number of nitrogens with zero attached hydrogens (tertiary/aromatic N) is 2. The summed E-state index contributed by atoms with van der Waals surface area (Å²) in [6.45, 7) is 2.46. The number of fused-ring (bicyclic) bond motifs is 28. The fourth-order valence-electron chi connectivity index (χ4n) is 17.1. The monoisotopic (exact) mass is 1110 g/mol. The normalized spacial score (nSPS) is 16.6. The molecule has 86 heavy (non-hydrogen) atoms. The third kappa shape index (κ3) is 5.64. The average Bonchev–Trinajstić information content (AvgIpc) is 1.54. The van der Waals surface area contributed by atoms with Crippen LogP contribution in [-0.2, 0) is 22.7 Å². The predicted molar refractivity (Wildman–Crippen MR) is 349 cm³/mol. The van der Waals surface area contributed by atoms with Crippen molar-refractivity contribution < 1.29 is 8.83 Å². The van der Waals surface area contributed by atoms with Gasteiger partial charge in [0, 0.05) is 48.4 Å². The topological polar surface area (TPSA) is 32.8 Å². The van der Waals surface area contributed by atoms with E-state index in [9.17, 15) is 0 Å². The van der Waals surface area contributed by atoms with Crippen molar-refractivity contribution in [2.24, 2.45) is 0 Å². The van der Waals surface area contributed by atoms with Gasteiger partial charge in [-0.15, -0.1) is 0 Å². The molecule has 0 radical (unpaired) electrons. The van der Waals surface area contributed by atoms with Gasteiger partial charge in [0.25, 0.3) is 0 Å². The highest BCUT2D eigenvalue weighted by Crippen LogP contribution is 2.69. The van der Waals surface area contributed by atoms with Crippen molar-refractivity contribution in [2.75, 3.05) is 9.80 Å². The molecule has 0 saturated heterocycles. The molecule has 402 valence electrons. The van der Waals surface area contributed by atoms with Gasteiger partial charge in [0.2, 0.25) is 0 Å². The van der Waals surface area contributed by atoms with E-state index in [1.54, 1.807) is 0 Å². The Balaban J connectivity index is 0.772. The minimum absolute atomic E-state index is 0.473. The van der Waals surface area contributed by atoms with Crippen LogP contribution in [0.5, 0.6) is 0 Å². The Labute approximate surface area is 501 Å². The molecule has 4 heterocycles. The van der Waals surface area contributed by atoms with Crippen molar-refractivity contribution in [1.29, 1.82) is 0 Å². The molecule has 4 aliphatic carbocycles. The van der Waals surface area contributed by atoms with E-state index >= 15 is 0 Å². The van der Waals surface area contributed by atoms with Gasteiger partial charge in [-0.2, -0.15) is 0 Å². The zero-order valence-electron chi connectivity index (χ0n) is 46.8. The van der Waals surface area contributed by atoms with Crippen LogP contribution in [-0.4, -0.2) is 0 Å². The number of rotatable bonds is 4. The van der Waals surface area contributed by atoms with Gasteiger partial charge >= 0.3 is 0 Å². The largest absolute Gasteiger partial charge is 0.459 e. The Kier molecular flexibility index (Phi) is 9.15. The summed E-state index contributed by atoms with van der Waals surface area (Å²) in [5, 5.41) is 2.29. The lowest BCUT2D eigenvalue weighted by Crippen LogP contribution is -2.35. The van der Waals surface area contributed by atoms with E-state index in [1.807, 2.05) is 11.8 Å². The number of furan rings is 2. The zero-order chi connectivity index (χ0) is 56.2. The molecule has 12 aromatic carbocycles. The molecular weight excluding hydrogens is 1060 g/mol. The first-order chi connectivity index (χ1) is 42.5. The Morgan fingerprint density at radius 2 is 0.814 bits per heavy atom. The van der Waals surface area contributed by atoms with Crippen LogP contribution in [0.2, 0.25) is 0 Å². The highest BCUT2D eigenvalue weighted by atomic mass is 32.2. The Morgan fingerprint density at radius 3 is 1.49 bits per heavy atom. The van der Waals surface area contributed by atoms with E-state index < -0.39 is 16.2 Å². The highest BCUT2D eigenvalue weighted by molar-refractivity contribution is 7.99. The molecule has 0 fully saturated rings. The Bertz CT molecular complexity index is 5190. The summed E-state index contributed by atoms with van der Waals surface area (Å²) in [5.41, 5.74) is 28.0. The maximum atomic E-state index is 7.95. The van der Waals surface area contributed by atoms with Gasteiger partial charge in [0.05, 0.1) is 28.4 Å². The second kappa shape index (κ2) is 16.7. The summed E-state index contributed by atoms with van der Waals surface area (Å²) >= 11 is 1.85. The van der Waals surface area contributed by atoms with Crippen LogP contribution in [0.15, 0.2) is 292 Å². The molecule has 0 bridgehead atoms. The van der Waals surface area contributed by atoms with Gasteiger partial charge in [-0.25, -0.2) is 0 Å². The van der Waals surface area contributed by atoms with E-state index in [0.29, 0.717) is 6.42 Å². The molecule has 1 unspecified atom stereocenters. The molecule has 2 aromatic heterocycles. The quantitative estimate of drug-likeness (QED) is 0.175. The summed E-state index contributed by atoms with van der Waals surface area (Å²) in [7, 11) is 0. The van der Waals surface area contributed by atoms with Crippen molar-refractivity contribution in [2.45, 2.75) is 39.4 Å². The molecule has 1 atom stereocenters. The molecule has 14 aromatic rings. The number of hydrogen-bond donors (Lipinski definition) is 0. The lowest BCUT2D eigenvalue weighted by molar-refractivity contribution is 0.498. The SMILES string of the molecule is CC1(Cc2cccc3c4c(oc23)C2(c3ccccc3-c3cccc(N5c6ccccc6Sc6ccccc65)c32)c2ccccc2-4)c2ccccc2N(c2ccc3c(c2)C2(c4ccccc4-c4ccccc42)c2oc4ccccc4c2-3)c2ccccc21. The predicted octanol–water partition coefficient (Wildman–Crippen LogP) is 21.1. The molecule has 0 amide bonds. The van der Waals surface area contributed by atoms with E-state index in [0.717, 1.165) is 44.8 Å². The van der Waals surface area contributed by atoms with Crippen molar-refractivity contribution in [3.05, 3.63) is 335 Å². The smallest absolute Gasteiger partial charge is 0.138 e. The summed E-state index contributed by atoms with van der Waals surface area (Å²) < 4.78 is 15.1. The van der Waals surface area contributed by atoms with Crippen molar-refractivity contribution in [3.63, 3.8) is 0 Å². The molecule has 20 rings (SSSR count). The lowest BCUT2D eigenvalue weighted by Gasteiger charge is -2.44. The van der Waals surface area contributed by atoms with Gasteiger partial charge in [-0.3, -0.25) is 0 Å². The fourth-order valence-corrected chi connectivity index (χ4v) is 18.1. The fraction of sp³-hybridized carbons (Fsp3) is 0.0617. The zero-order valence-corrected chi connectivity index (χ0v) is 47.6. The highest BCUT2D eigenvalue weighted by Gasteiger charge is 2.58. The minimum atomic E-state index is -0.754. The van der Waals surface area contributed by atoms with Gasteiger partial charge in [0.15, 0.2) is 0 Å². The molecule has 4 nitrogen and oxygen atoms in total. The molecule has 6 aliphatic rings. The maximum absolute atomic E-state index is 7.95. The summed E-state index contributed by atoms with van der Waals surface area (Å²) in [5.74, 6) is 1.99. The van der Waals surface area contributed by atoms with E-state index in [1.165, 1.54) is 127 Å². The Morgan fingerprint density at radius 1 is 0.349 bits per heavy atom. The second-order valence-electron chi connectivity index (χ2n) is 24.3. The van der Waals surface area contributed by atoms with Gasteiger partial charge in [0.1, 0.15) is 33.5 Å². The first kappa shape index (κ1) is 47.1. The van der Waals surface area contributed by atoms with Crippen molar-refractivity contribution in [1.82, 2.24) is 0 Å². The van der Waals surface area contributed by atoms with E-state index in [4.69, 9.17) is 8.83 Å². The van der Waals surface area contributed by atoms with E-state index in [-0.39, 0.29) is 0 Å². The molecule has 2 aliphatic heterocycles. The molecular formula is C81H50N2O2S. The van der Waals surface area contributed by atoms with Crippen molar-refractivity contribution in [3.8, 4) is 44.5 Å². The van der Waals surface area contributed by atoms with Gasteiger partial charge in [-0.05, 0) is 145 Å². The second-order valence-corrected chi connectivity index (χ2v) is 25.3. The first-order valence-electron chi connectivity index (χ1n) is 29.9. The number of hydrogen-bond acceptors (Lipinski definition) is 5. The number of anilines is 6. The molecule has 5 heteroatoms. The van der Waals surface area contributed by atoms with Crippen LogP contribution < -0.4 is 9.80 Å². The van der Waals surface area contributed by atoms with Crippen molar-refractivity contribution >= 4 is 67.8 Å². The molecule has 0 N–H and O–H groups in total. The molecule has 2 spiro atoms. The van der Waals surface area contributed by atoms with Crippen LogP contribution in [0.4, 0.5) is 34.1 Å². The third-order valence-electron chi connectivity index (χ3n) is 20.3. The van der Waals surface area contributed by atoms with Crippen LogP contribution >= 0.6 is 11.8 Å². The van der Waals surface area contributed by atoms with Gasteiger partial charge in [-0.1, -0.05) is 231 Å². The summed E-state index contributed by atoms with van der Waals surface area (Å²) in [6, 6.07) is 102. The summed E-state index contributed by atoms with van der Waals surface area (Å²) in [6.07, 6.45) is 0.707. The van der Waals surface area contributed by atoms with Crippen LogP contribution in [0.25, 0.3) is 66.4 Å². The summed E-state index contributed by atoms with van der Waals surface area (Å²) in [4.78, 5) is 7.52. The average molecular weight is 1120 g/mol. The Hall–Kier alpha value is -10.3.